The summed E-state index contributed by atoms with van der Waals surface area (Å²) in [5, 5.41) is 5.16. The minimum absolute atomic E-state index is 0.122. The van der Waals surface area contributed by atoms with Crippen LogP contribution in [0.4, 0.5) is 5.69 Å². The van der Waals surface area contributed by atoms with Crippen molar-refractivity contribution < 1.29 is 13.2 Å². The van der Waals surface area contributed by atoms with Crippen LogP contribution in [0.1, 0.15) is 19.4 Å². The van der Waals surface area contributed by atoms with Crippen LogP contribution in [0.3, 0.4) is 0 Å². The van der Waals surface area contributed by atoms with Crippen LogP contribution in [0.15, 0.2) is 74.4 Å². The molecule has 35 heavy (non-hydrogen) atoms. The number of aromatic nitrogens is 2. The number of hydrogen-bond acceptors (Lipinski definition) is 6. The number of carbonyl (C=O) groups is 1. The van der Waals surface area contributed by atoms with Crippen LogP contribution in [0.2, 0.25) is 0 Å². The molecule has 11 heteroatoms. The van der Waals surface area contributed by atoms with Crippen LogP contribution in [-0.2, 0) is 14.8 Å². The van der Waals surface area contributed by atoms with Gasteiger partial charge in [0, 0.05) is 35.2 Å². The van der Waals surface area contributed by atoms with E-state index in [0.29, 0.717) is 22.3 Å². The van der Waals surface area contributed by atoms with Gasteiger partial charge in [-0.1, -0.05) is 35.0 Å². The molecular weight excluding hydrogens is 552 g/mol. The molecule has 1 N–H and O–H groups in total. The third-order valence-corrected chi connectivity index (χ3v) is 8.84. The number of carbonyl (C=O) groups excluding carboxylic acids is 1. The highest BCUT2D eigenvalue weighted by Crippen LogP contribution is 2.32. The molecule has 0 bridgehead atoms. The Hall–Kier alpha value is -2.86. The van der Waals surface area contributed by atoms with E-state index >= 15 is 0 Å². The summed E-state index contributed by atoms with van der Waals surface area (Å²) in [6.07, 6.45) is 1.77. The minimum atomic E-state index is -3.57. The van der Waals surface area contributed by atoms with Crippen molar-refractivity contribution >= 4 is 59.1 Å². The second kappa shape index (κ2) is 10.0. The van der Waals surface area contributed by atoms with E-state index in [9.17, 15) is 18.0 Å². The Balaban J connectivity index is 1.65. The van der Waals surface area contributed by atoms with Gasteiger partial charge in [0.1, 0.15) is 10.9 Å². The molecule has 1 unspecified atom stereocenters. The van der Waals surface area contributed by atoms with Crippen LogP contribution < -0.4 is 10.9 Å². The number of halogens is 1. The topological polar surface area (TPSA) is 101 Å². The number of amides is 1. The minimum Gasteiger partial charge on any atom is -0.324 e. The van der Waals surface area contributed by atoms with Crippen molar-refractivity contribution in [3.8, 4) is 11.1 Å². The summed E-state index contributed by atoms with van der Waals surface area (Å²) in [4.78, 5) is 31.8. The Morgan fingerprint density at radius 1 is 1.14 bits per heavy atom. The number of benzene rings is 2. The number of rotatable bonds is 7. The Morgan fingerprint density at radius 3 is 2.40 bits per heavy atom. The maximum atomic E-state index is 13.5. The van der Waals surface area contributed by atoms with Crippen molar-refractivity contribution in [1.29, 1.82) is 0 Å². The monoisotopic (exact) mass is 574 g/mol. The van der Waals surface area contributed by atoms with Crippen molar-refractivity contribution in [2.45, 2.75) is 24.3 Å². The summed E-state index contributed by atoms with van der Waals surface area (Å²) in [6.45, 7) is 1.82. The second-order valence-electron chi connectivity index (χ2n) is 8.02. The lowest BCUT2D eigenvalue weighted by Crippen LogP contribution is -2.33. The molecule has 0 fully saturated rings. The predicted molar refractivity (Wildman–Crippen MR) is 142 cm³/mol. The molecule has 2 aromatic carbocycles. The summed E-state index contributed by atoms with van der Waals surface area (Å²) in [5.41, 5.74) is 1.81. The van der Waals surface area contributed by atoms with Gasteiger partial charge in [-0.2, -0.15) is 0 Å². The normalized spacial score (nSPS) is 12.7. The van der Waals surface area contributed by atoms with E-state index < -0.39 is 16.1 Å². The van der Waals surface area contributed by atoms with Crippen LogP contribution in [0.25, 0.3) is 21.3 Å². The van der Waals surface area contributed by atoms with Crippen LogP contribution >= 0.6 is 27.3 Å². The zero-order chi connectivity index (χ0) is 25.3. The van der Waals surface area contributed by atoms with Gasteiger partial charge in [-0.25, -0.2) is 17.7 Å². The molecule has 4 rings (SSSR count). The van der Waals surface area contributed by atoms with Gasteiger partial charge in [0.05, 0.1) is 16.6 Å². The predicted octanol–water partition coefficient (Wildman–Crippen LogP) is 4.73. The molecule has 182 valence electrons. The van der Waals surface area contributed by atoms with Gasteiger partial charge in [-0.3, -0.25) is 14.2 Å². The number of nitrogens with zero attached hydrogens (tertiary/aromatic N) is 3. The summed E-state index contributed by atoms with van der Waals surface area (Å²) < 4.78 is 27.9. The van der Waals surface area contributed by atoms with Crippen LogP contribution in [0, 0.1) is 0 Å². The van der Waals surface area contributed by atoms with E-state index in [0.717, 1.165) is 19.9 Å². The zero-order valence-electron chi connectivity index (χ0n) is 19.2. The lowest BCUT2D eigenvalue weighted by Gasteiger charge is -2.18. The van der Waals surface area contributed by atoms with E-state index in [1.54, 1.807) is 0 Å². The standard InChI is InChI=1S/C24H23BrN4O4S2/c1-4-20(22(30)27-17-9-11-18(12-10-17)35(32,33)28(2)3)29-14-26-23-21(24(29)31)19(13-34-23)15-5-7-16(25)8-6-15/h5-14,20H,4H2,1-3H3,(H,27,30). The van der Waals surface area contributed by atoms with Gasteiger partial charge in [0.25, 0.3) is 5.56 Å². The molecule has 0 aliphatic carbocycles. The number of hydrogen-bond donors (Lipinski definition) is 1. The fourth-order valence-electron chi connectivity index (χ4n) is 3.66. The lowest BCUT2D eigenvalue weighted by molar-refractivity contribution is -0.119. The maximum absolute atomic E-state index is 13.5. The molecular formula is C24H23BrN4O4S2. The van der Waals surface area contributed by atoms with E-state index in [4.69, 9.17) is 0 Å². The van der Waals surface area contributed by atoms with Gasteiger partial charge >= 0.3 is 0 Å². The Labute approximate surface area is 215 Å². The summed E-state index contributed by atoms with van der Waals surface area (Å²) in [7, 11) is -0.664. The molecule has 2 heterocycles. The summed E-state index contributed by atoms with van der Waals surface area (Å²) in [5.74, 6) is -0.389. The quantitative estimate of drug-likeness (QED) is 0.344. The van der Waals surface area contributed by atoms with Gasteiger partial charge < -0.3 is 5.32 Å². The third-order valence-electron chi connectivity index (χ3n) is 5.60. The van der Waals surface area contributed by atoms with Crippen molar-refractivity contribution in [3.05, 3.63) is 75.1 Å². The lowest BCUT2D eigenvalue weighted by atomic mass is 10.1. The maximum Gasteiger partial charge on any atom is 0.263 e. The Bertz CT molecular complexity index is 1540. The summed E-state index contributed by atoms with van der Waals surface area (Å²) in [6, 6.07) is 12.8. The fourth-order valence-corrected chi connectivity index (χ4v) is 5.74. The highest BCUT2D eigenvalue weighted by molar-refractivity contribution is 9.10. The first-order chi connectivity index (χ1) is 16.6. The SMILES string of the molecule is CCC(C(=O)Nc1ccc(S(=O)(=O)N(C)C)cc1)n1cnc2scc(-c3ccc(Br)cc3)c2c1=O. The molecule has 0 aliphatic rings. The molecule has 0 saturated heterocycles. The number of anilines is 1. The molecule has 8 nitrogen and oxygen atoms in total. The first-order valence-corrected chi connectivity index (χ1v) is 13.8. The highest BCUT2D eigenvalue weighted by Gasteiger charge is 2.23. The van der Waals surface area contributed by atoms with Gasteiger partial charge in [0.2, 0.25) is 15.9 Å². The van der Waals surface area contributed by atoms with Crippen LogP contribution in [0.5, 0.6) is 0 Å². The van der Waals surface area contributed by atoms with Gasteiger partial charge in [0.15, 0.2) is 0 Å². The summed E-state index contributed by atoms with van der Waals surface area (Å²) >= 11 is 4.81. The second-order valence-corrected chi connectivity index (χ2v) is 11.9. The Morgan fingerprint density at radius 2 is 1.80 bits per heavy atom. The molecule has 0 saturated carbocycles. The molecule has 0 spiro atoms. The van der Waals surface area contributed by atoms with E-state index in [2.05, 4.69) is 26.2 Å². The van der Waals surface area contributed by atoms with Crippen molar-refractivity contribution in [1.82, 2.24) is 13.9 Å². The smallest absolute Gasteiger partial charge is 0.263 e. The Kier molecular flexibility index (Phi) is 7.22. The van der Waals surface area contributed by atoms with Gasteiger partial charge in [-0.05, 0) is 48.4 Å². The number of fused-ring (bicyclic) bond motifs is 1. The average molecular weight is 576 g/mol. The van der Waals surface area contributed by atoms with E-state index in [1.165, 1.54) is 60.6 Å². The number of thiophene rings is 1. The average Bonchev–Trinajstić information content (AvgIpc) is 3.27. The number of nitrogens with one attached hydrogen (secondary N) is 1. The van der Waals surface area contributed by atoms with Crippen molar-refractivity contribution in [2.24, 2.45) is 0 Å². The first-order valence-electron chi connectivity index (χ1n) is 10.7. The highest BCUT2D eigenvalue weighted by atomic mass is 79.9. The third kappa shape index (κ3) is 4.94. The van der Waals surface area contributed by atoms with Crippen molar-refractivity contribution in [3.63, 3.8) is 0 Å². The first kappa shape index (κ1) is 25.2. The molecule has 1 amide bonds. The fraction of sp³-hybridized carbons (Fsp3) is 0.208. The van der Waals surface area contributed by atoms with Crippen LogP contribution in [-0.4, -0.2) is 42.3 Å². The van der Waals surface area contributed by atoms with Gasteiger partial charge in [-0.15, -0.1) is 11.3 Å². The number of sulfonamides is 1. The molecule has 0 aliphatic heterocycles. The van der Waals surface area contributed by atoms with Crippen molar-refractivity contribution in [2.75, 3.05) is 19.4 Å². The molecule has 0 radical (unpaired) electrons. The largest absolute Gasteiger partial charge is 0.324 e. The zero-order valence-corrected chi connectivity index (χ0v) is 22.4. The van der Waals surface area contributed by atoms with E-state index in [1.807, 2.05) is 36.6 Å². The van der Waals surface area contributed by atoms with E-state index in [-0.39, 0.29) is 16.4 Å². The molecule has 1 atom stereocenters. The molecule has 2 aromatic heterocycles. The molecule has 4 aromatic rings.